The van der Waals surface area contributed by atoms with Gasteiger partial charge in [0.2, 0.25) is 0 Å². The highest BCUT2D eigenvalue weighted by atomic mass is 16.6. The molecule has 0 spiro atoms. The zero-order valence-electron chi connectivity index (χ0n) is 36.9. The van der Waals surface area contributed by atoms with Crippen LogP contribution in [0.2, 0.25) is 0 Å². The summed E-state index contributed by atoms with van der Waals surface area (Å²) in [6, 6.07) is 0. The van der Waals surface area contributed by atoms with E-state index in [1.54, 1.807) is 0 Å². The van der Waals surface area contributed by atoms with Gasteiger partial charge in [0.15, 0.2) is 0 Å². The Hall–Kier alpha value is -1.65. The molecule has 0 aliphatic heterocycles. The van der Waals surface area contributed by atoms with Crippen LogP contribution >= 0.6 is 0 Å². The number of esters is 1. The lowest BCUT2D eigenvalue weighted by atomic mass is 10.0. The summed E-state index contributed by atoms with van der Waals surface area (Å²) in [5, 5.41) is 9.64. The first kappa shape index (κ1) is 53.4. The van der Waals surface area contributed by atoms with Gasteiger partial charge in [-0.15, -0.1) is 0 Å². The van der Waals surface area contributed by atoms with E-state index in [1.807, 2.05) is 0 Å². The predicted molar refractivity (Wildman–Crippen MR) is 242 cm³/mol. The van der Waals surface area contributed by atoms with Crippen LogP contribution in [-0.2, 0) is 14.3 Å². The van der Waals surface area contributed by atoms with Gasteiger partial charge in [0.05, 0.1) is 13.2 Å². The largest absolute Gasteiger partial charge is 0.457 e. The number of hydrogen-bond donors (Lipinski definition) is 1. The Bertz CT molecular complexity index is 859. The Morgan fingerprint density at radius 3 is 1.24 bits per heavy atom. The quantitative estimate of drug-likeness (QED) is 0.0381. The van der Waals surface area contributed by atoms with E-state index in [9.17, 15) is 9.90 Å². The zero-order chi connectivity index (χ0) is 39.8. The summed E-state index contributed by atoms with van der Waals surface area (Å²) in [6.07, 6.45) is 63.4. The van der Waals surface area contributed by atoms with E-state index in [4.69, 9.17) is 9.47 Å². The first-order valence-electron chi connectivity index (χ1n) is 24.2. The van der Waals surface area contributed by atoms with E-state index in [-0.39, 0.29) is 12.6 Å². The van der Waals surface area contributed by atoms with Crippen LogP contribution in [0.5, 0.6) is 0 Å². The number of aliphatic hydroxyl groups excluding tert-OH is 1. The van der Waals surface area contributed by atoms with Crippen molar-refractivity contribution >= 4 is 5.97 Å². The molecule has 0 radical (unpaired) electrons. The molecule has 322 valence electrons. The number of rotatable bonds is 45. The standard InChI is InChI=1S/C51H94O4/c1-3-5-7-9-11-13-15-17-19-21-23-25-26-27-28-30-32-34-36-38-40-42-44-46-51(53)55-50(48-52)49-54-47-45-43-41-39-37-35-33-31-29-24-22-20-18-16-14-12-10-8-6-4-2/h6,8,12,14,18,20,24,29,50,52H,3-5,7,9-11,13,15-17,19,21-23,25-28,30-49H2,1-2H3/b8-6-,14-12-,20-18-,29-24-. The van der Waals surface area contributed by atoms with Crippen molar-refractivity contribution in [2.75, 3.05) is 19.8 Å². The van der Waals surface area contributed by atoms with Crippen molar-refractivity contribution in [3.05, 3.63) is 48.6 Å². The lowest BCUT2D eigenvalue weighted by Gasteiger charge is -2.16. The highest BCUT2D eigenvalue weighted by molar-refractivity contribution is 5.69. The van der Waals surface area contributed by atoms with Crippen LogP contribution in [0.4, 0.5) is 0 Å². The Morgan fingerprint density at radius 1 is 0.455 bits per heavy atom. The van der Waals surface area contributed by atoms with Gasteiger partial charge in [0.25, 0.3) is 0 Å². The smallest absolute Gasteiger partial charge is 0.306 e. The molecule has 1 unspecified atom stereocenters. The maximum absolute atomic E-state index is 12.3. The molecule has 1 N–H and O–H groups in total. The van der Waals surface area contributed by atoms with Crippen molar-refractivity contribution < 1.29 is 19.4 Å². The number of carbonyl (C=O) groups is 1. The minimum atomic E-state index is -0.540. The van der Waals surface area contributed by atoms with Gasteiger partial charge < -0.3 is 14.6 Å². The van der Waals surface area contributed by atoms with Gasteiger partial charge in [-0.2, -0.15) is 0 Å². The SMILES string of the molecule is CC/C=C\C/C=C\C/C=C\C/C=C\CCCCCCCCCOCC(CO)OC(=O)CCCCCCCCCCCCCCCCCCCCCCCCC. The summed E-state index contributed by atoms with van der Waals surface area (Å²) < 4.78 is 11.2. The second-order valence-corrected chi connectivity index (χ2v) is 16.2. The maximum Gasteiger partial charge on any atom is 0.306 e. The van der Waals surface area contributed by atoms with Gasteiger partial charge in [0, 0.05) is 13.0 Å². The normalized spacial score (nSPS) is 12.7. The van der Waals surface area contributed by atoms with Crippen LogP contribution in [0.3, 0.4) is 0 Å². The Balaban J connectivity index is 3.40. The molecule has 0 rings (SSSR count). The third kappa shape index (κ3) is 46.6. The highest BCUT2D eigenvalue weighted by Crippen LogP contribution is 2.16. The van der Waals surface area contributed by atoms with Gasteiger partial charge in [-0.25, -0.2) is 0 Å². The van der Waals surface area contributed by atoms with Crippen molar-refractivity contribution in [1.29, 1.82) is 0 Å². The fourth-order valence-electron chi connectivity index (χ4n) is 7.09. The van der Waals surface area contributed by atoms with E-state index >= 15 is 0 Å². The first-order chi connectivity index (χ1) is 27.2. The highest BCUT2D eigenvalue weighted by Gasteiger charge is 2.13. The third-order valence-electron chi connectivity index (χ3n) is 10.7. The minimum absolute atomic E-state index is 0.175. The van der Waals surface area contributed by atoms with E-state index in [0.29, 0.717) is 19.6 Å². The molecule has 0 aliphatic carbocycles. The van der Waals surface area contributed by atoms with Crippen molar-refractivity contribution in [2.45, 2.75) is 251 Å². The molecular formula is C51H94O4. The van der Waals surface area contributed by atoms with Crippen LogP contribution in [-0.4, -0.2) is 37.0 Å². The summed E-state index contributed by atoms with van der Waals surface area (Å²) in [7, 11) is 0. The summed E-state index contributed by atoms with van der Waals surface area (Å²) in [4.78, 5) is 12.3. The zero-order valence-corrected chi connectivity index (χ0v) is 36.9. The fourth-order valence-corrected chi connectivity index (χ4v) is 7.09. The molecule has 0 amide bonds. The van der Waals surface area contributed by atoms with Crippen LogP contribution < -0.4 is 0 Å². The lowest BCUT2D eigenvalue weighted by Crippen LogP contribution is -2.27. The molecule has 55 heavy (non-hydrogen) atoms. The molecule has 4 heteroatoms. The van der Waals surface area contributed by atoms with Crippen molar-refractivity contribution in [2.24, 2.45) is 0 Å². The van der Waals surface area contributed by atoms with Crippen molar-refractivity contribution in [3.63, 3.8) is 0 Å². The van der Waals surface area contributed by atoms with Crippen molar-refractivity contribution in [1.82, 2.24) is 0 Å². The number of hydrogen-bond acceptors (Lipinski definition) is 4. The van der Waals surface area contributed by atoms with Crippen LogP contribution in [0.15, 0.2) is 48.6 Å². The molecule has 0 aromatic rings. The summed E-state index contributed by atoms with van der Waals surface area (Å²) in [5.41, 5.74) is 0. The Kier molecular flexibility index (Phi) is 47.0. The first-order valence-corrected chi connectivity index (χ1v) is 24.2. The average molecular weight is 771 g/mol. The predicted octanol–water partition coefficient (Wildman–Crippen LogP) is 16.2. The number of allylic oxidation sites excluding steroid dienone is 8. The van der Waals surface area contributed by atoms with E-state index in [1.165, 1.54) is 180 Å². The van der Waals surface area contributed by atoms with Crippen LogP contribution in [0.1, 0.15) is 245 Å². The molecule has 0 aromatic carbocycles. The lowest BCUT2D eigenvalue weighted by molar-refractivity contribution is -0.154. The van der Waals surface area contributed by atoms with Gasteiger partial charge in [-0.05, 0) is 51.4 Å². The molecule has 4 nitrogen and oxygen atoms in total. The molecular weight excluding hydrogens is 677 g/mol. The van der Waals surface area contributed by atoms with Gasteiger partial charge in [0.1, 0.15) is 6.10 Å². The number of aliphatic hydroxyl groups is 1. The third-order valence-corrected chi connectivity index (χ3v) is 10.7. The van der Waals surface area contributed by atoms with Crippen LogP contribution in [0.25, 0.3) is 0 Å². The summed E-state index contributed by atoms with van der Waals surface area (Å²) in [5.74, 6) is -0.201. The molecule has 0 heterocycles. The van der Waals surface area contributed by atoms with Gasteiger partial charge in [-0.1, -0.05) is 236 Å². The molecule has 0 aliphatic rings. The van der Waals surface area contributed by atoms with Crippen molar-refractivity contribution in [3.8, 4) is 0 Å². The number of unbranched alkanes of at least 4 members (excludes halogenated alkanes) is 29. The Labute approximate surface area is 343 Å². The van der Waals surface area contributed by atoms with Gasteiger partial charge in [-0.3, -0.25) is 4.79 Å². The number of ether oxygens (including phenoxy) is 2. The molecule has 0 fully saturated rings. The van der Waals surface area contributed by atoms with E-state index in [0.717, 1.165) is 44.9 Å². The summed E-state index contributed by atoms with van der Waals surface area (Å²) >= 11 is 0. The number of carbonyl (C=O) groups excluding carboxylic acids is 1. The molecule has 0 saturated carbocycles. The average Bonchev–Trinajstić information content (AvgIpc) is 3.19. The van der Waals surface area contributed by atoms with E-state index < -0.39 is 6.10 Å². The topological polar surface area (TPSA) is 55.8 Å². The monoisotopic (exact) mass is 771 g/mol. The summed E-state index contributed by atoms with van der Waals surface area (Å²) in [6.45, 7) is 5.24. The fraction of sp³-hybridized carbons (Fsp3) is 0.824. The Morgan fingerprint density at radius 2 is 0.818 bits per heavy atom. The second kappa shape index (κ2) is 48.5. The maximum atomic E-state index is 12.3. The molecule has 1 atom stereocenters. The van der Waals surface area contributed by atoms with Crippen LogP contribution in [0, 0.1) is 0 Å². The molecule has 0 aromatic heterocycles. The van der Waals surface area contributed by atoms with E-state index in [2.05, 4.69) is 62.5 Å². The molecule has 0 bridgehead atoms. The molecule has 0 saturated heterocycles. The minimum Gasteiger partial charge on any atom is -0.457 e. The second-order valence-electron chi connectivity index (χ2n) is 16.2. The van der Waals surface area contributed by atoms with Gasteiger partial charge >= 0.3 is 5.97 Å².